The van der Waals surface area contributed by atoms with Crippen LogP contribution in [0.1, 0.15) is 12.0 Å². The van der Waals surface area contributed by atoms with Crippen LogP contribution < -0.4 is 15.0 Å². The molecule has 2 aromatic carbocycles. The standard InChI is InChI=1S/C24H18Cl3F2N3O4/c1-36-13-4-10(25)3-12(7-13)32-21(33)17-16-2-9(20(28)29)8-31(16)24(18(17)22(32)34)14-5-11(26)6-15(27)19(14)30-23(24)35/h3-7,9,16-18,20H,2,8H2,1H3,(H,30,35). The number of hydrogen-bond donors (Lipinski definition) is 1. The van der Waals surface area contributed by atoms with Crippen molar-refractivity contribution in [2.45, 2.75) is 24.4 Å². The zero-order valence-electron chi connectivity index (χ0n) is 18.6. The number of carbonyl (C=O) groups excluding carboxylic acids is 3. The van der Waals surface area contributed by atoms with Gasteiger partial charge in [-0.05, 0) is 30.7 Å². The Bertz CT molecular complexity index is 1360. The van der Waals surface area contributed by atoms with Crippen LogP contribution in [0.4, 0.5) is 20.2 Å². The molecule has 0 aromatic heterocycles. The van der Waals surface area contributed by atoms with Gasteiger partial charge in [0, 0.05) is 40.2 Å². The Kier molecular flexibility index (Phi) is 5.32. The summed E-state index contributed by atoms with van der Waals surface area (Å²) in [6.07, 6.45) is -2.69. The summed E-state index contributed by atoms with van der Waals surface area (Å²) < 4.78 is 33.0. The molecule has 6 rings (SSSR count). The van der Waals surface area contributed by atoms with Gasteiger partial charge in [0.25, 0.3) is 5.91 Å². The van der Waals surface area contributed by atoms with Crippen LogP contribution in [0, 0.1) is 17.8 Å². The first-order valence-corrected chi connectivity index (χ1v) is 12.3. The average Bonchev–Trinajstić information content (AvgIpc) is 3.50. The molecule has 3 saturated heterocycles. The molecule has 4 aliphatic rings. The number of rotatable bonds is 3. The fourth-order valence-electron chi connectivity index (χ4n) is 6.50. The lowest BCUT2D eigenvalue weighted by atomic mass is 9.75. The summed E-state index contributed by atoms with van der Waals surface area (Å²) in [5.41, 5.74) is -0.970. The van der Waals surface area contributed by atoms with Crippen molar-refractivity contribution < 1.29 is 27.9 Å². The second-order valence-electron chi connectivity index (χ2n) is 9.45. The Hall–Kier alpha value is -2.46. The average molecular weight is 557 g/mol. The lowest BCUT2D eigenvalue weighted by Gasteiger charge is -2.37. The van der Waals surface area contributed by atoms with Crippen molar-refractivity contribution in [1.82, 2.24) is 4.90 Å². The van der Waals surface area contributed by atoms with Crippen molar-refractivity contribution in [3.05, 3.63) is 51.0 Å². The maximum absolute atomic E-state index is 14.0. The summed E-state index contributed by atoms with van der Waals surface area (Å²) in [6, 6.07) is 6.65. The summed E-state index contributed by atoms with van der Waals surface area (Å²) in [6.45, 7) is -0.155. The number of anilines is 2. The van der Waals surface area contributed by atoms with Crippen LogP contribution in [0.25, 0.3) is 0 Å². The van der Waals surface area contributed by atoms with E-state index in [4.69, 9.17) is 39.5 Å². The molecule has 12 heteroatoms. The first-order valence-electron chi connectivity index (χ1n) is 11.2. The number of hydrogen-bond acceptors (Lipinski definition) is 5. The number of fused-ring (bicyclic) bond motifs is 7. The quantitative estimate of drug-likeness (QED) is 0.560. The van der Waals surface area contributed by atoms with Gasteiger partial charge in [-0.25, -0.2) is 13.7 Å². The van der Waals surface area contributed by atoms with E-state index < -0.39 is 53.5 Å². The van der Waals surface area contributed by atoms with E-state index in [1.165, 1.54) is 37.4 Å². The molecule has 0 aliphatic carbocycles. The minimum atomic E-state index is -2.65. The highest BCUT2D eigenvalue weighted by Crippen LogP contribution is 2.62. The third-order valence-electron chi connectivity index (χ3n) is 7.80. The summed E-state index contributed by atoms with van der Waals surface area (Å²) in [5, 5.41) is 3.33. The second-order valence-corrected chi connectivity index (χ2v) is 10.7. The number of methoxy groups -OCH3 is 1. The molecule has 36 heavy (non-hydrogen) atoms. The zero-order chi connectivity index (χ0) is 25.7. The lowest BCUT2D eigenvalue weighted by Crippen LogP contribution is -2.54. The smallest absolute Gasteiger partial charge is 0.250 e. The number of alkyl halides is 2. The Morgan fingerprint density at radius 3 is 2.47 bits per heavy atom. The highest BCUT2D eigenvalue weighted by atomic mass is 35.5. The van der Waals surface area contributed by atoms with Crippen molar-refractivity contribution in [3.8, 4) is 5.75 Å². The normalized spacial score (nSPS) is 30.9. The molecule has 1 N–H and O–H groups in total. The third-order valence-corrected chi connectivity index (χ3v) is 8.54. The molecule has 2 aromatic rings. The van der Waals surface area contributed by atoms with Gasteiger partial charge in [0.1, 0.15) is 11.3 Å². The van der Waals surface area contributed by atoms with Crippen molar-refractivity contribution >= 4 is 63.9 Å². The monoisotopic (exact) mass is 555 g/mol. The molecule has 0 radical (unpaired) electrons. The van der Waals surface area contributed by atoms with E-state index in [0.29, 0.717) is 11.3 Å². The summed E-state index contributed by atoms with van der Waals surface area (Å²) in [7, 11) is 1.42. The van der Waals surface area contributed by atoms with E-state index in [1.807, 2.05) is 0 Å². The Labute approximate surface area is 219 Å². The number of ether oxygens (including phenoxy) is 1. The molecule has 0 bridgehead atoms. The summed E-state index contributed by atoms with van der Waals surface area (Å²) in [5.74, 6) is -4.74. The van der Waals surface area contributed by atoms with Gasteiger partial charge in [-0.3, -0.25) is 19.3 Å². The van der Waals surface area contributed by atoms with Crippen LogP contribution >= 0.6 is 34.8 Å². The van der Waals surface area contributed by atoms with Crippen molar-refractivity contribution in [1.29, 1.82) is 0 Å². The molecule has 3 fully saturated rings. The van der Waals surface area contributed by atoms with Crippen LogP contribution in [0.15, 0.2) is 30.3 Å². The maximum Gasteiger partial charge on any atom is 0.250 e. The number of carbonyl (C=O) groups is 3. The molecule has 188 valence electrons. The predicted octanol–water partition coefficient (Wildman–Crippen LogP) is 4.58. The van der Waals surface area contributed by atoms with Crippen LogP contribution in [0.3, 0.4) is 0 Å². The van der Waals surface area contributed by atoms with Gasteiger partial charge in [-0.1, -0.05) is 34.8 Å². The highest BCUT2D eigenvalue weighted by molar-refractivity contribution is 6.38. The van der Waals surface area contributed by atoms with Gasteiger partial charge < -0.3 is 10.1 Å². The van der Waals surface area contributed by atoms with E-state index in [1.54, 1.807) is 4.90 Å². The molecule has 5 unspecified atom stereocenters. The SMILES string of the molecule is COc1cc(Cl)cc(N2C(=O)C3C4CC(C(F)F)CN4C4(C(=O)Nc5c(Cl)cc(Cl)cc54)C3C2=O)c1. The van der Waals surface area contributed by atoms with Gasteiger partial charge in [-0.2, -0.15) is 0 Å². The second kappa shape index (κ2) is 8.02. The van der Waals surface area contributed by atoms with Crippen molar-refractivity contribution in [2.75, 3.05) is 23.9 Å². The topological polar surface area (TPSA) is 79.0 Å². The molecule has 7 nitrogen and oxygen atoms in total. The molecule has 3 amide bonds. The fraction of sp³-hybridized carbons (Fsp3) is 0.375. The Morgan fingerprint density at radius 2 is 1.78 bits per heavy atom. The van der Waals surface area contributed by atoms with E-state index in [9.17, 15) is 23.2 Å². The number of halogens is 5. The van der Waals surface area contributed by atoms with Crippen LogP contribution in [-0.2, 0) is 19.9 Å². The van der Waals surface area contributed by atoms with Crippen LogP contribution in [0.5, 0.6) is 5.75 Å². The fourth-order valence-corrected chi connectivity index (χ4v) is 7.26. The van der Waals surface area contributed by atoms with E-state index in [-0.39, 0.29) is 39.4 Å². The Morgan fingerprint density at radius 1 is 1.06 bits per heavy atom. The van der Waals surface area contributed by atoms with Crippen molar-refractivity contribution in [3.63, 3.8) is 0 Å². The lowest BCUT2D eigenvalue weighted by molar-refractivity contribution is -0.135. The Balaban J connectivity index is 1.56. The molecule has 0 saturated carbocycles. The van der Waals surface area contributed by atoms with E-state index in [0.717, 1.165) is 4.90 Å². The van der Waals surface area contributed by atoms with Crippen molar-refractivity contribution in [2.24, 2.45) is 17.8 Å². The van der Waals surface area contributed by atoms with Gasteiger partial charge in [0.15, 0.2) is 0 Å². The van der Waals surface area contributed by atoms with Gasteiger partial charge >= 0.3 is 0 Å². The summed E-state index contributed by atoms with van der Waals surface area (Å²) in [4.78, 5) is 44.2. The minimum Gasteiger partial charge on any atom is -0.497 e. The zero-order valence-corrected chi connectivity index (χ0v) is 20.9. The number of imide groups is 1. The first kappa shape index (κ1) is 23.9. The van der Waals surface area contributed by atoms with Crippen LogP contribution in [-0.4, -0.2) is 48.7 Å². The van der Waals surface area contributed by atoms with Crippen LogP contribution in [0.2, 0.25) is 15.1 Å². The molecule has 4 aliphatic heterocycles. The number of nitrogens with one attached hydrogen (secondary N) is 1. The number of benzene rings is 2. The number of nitrogens with zero attached hydrogens (tertiary/aromatic N) is 2. The maximum atomic E-state index is 14.0. The predicted molar refractivity (Wildman–Crippen MR) is 129 cm³/mol. The van der Waals surface area contributed by atoms with E-state index >= 15 is 0 Å². The molecular formula is C24H18Cl3F2N3O4. The van der Waals surface area contributed by atoms with Gasteiger partial charge in [0.05, 0.1) is 35.3 Å². The van der Waals surface area contributed by atoms with Gasteiger partial charge in [-0.15, -0.1) is 0 Å². The highest BCUT2D eigenvalue weighted by Gasteiger charge is 2.76. The molecular weight excluding hydrogens is 539 g/mol. The first-order chi connectivity index (χ1) is 17.1. The minimum absolute atomic E-state index is 0.0385. The largest absolute Gasteiger partial charge is 0.497 e. The molecule has 5 atom stereocenters. The molecule has 1 spiro atoms. The molecule has 4 heterocycles. The third kappa shape index (κ3) is 2.97. The summed E-state index contributed by atoms with van der Waals surface area (Å²) >= 11 is 18.9. The number of amides is 3. The van der Waals surface area contributed by atoms with E-state index in [2.05, 4.69) is 5.32 Å². The van der Waals surface area contributed by atoms with Gasteiger partial charge in [0.2, 0.25) is 18.2 Å².